The second kappa shape index (κ2) is 9.23. The number of rotatable bonds is 9. The number of methoxy groups -OCH3 is 2. The SMILES string of the molecule is CCOC(=O)CCCNC(C)c1cc(OC)ccc1OC. The molecule has 1 rings (SSSR count). The molecule has 0 saturated heterocycles. The number of esters is 1. The van der Waals surface area contributed by atoms with E-state index in [4.69, 9.17) is 14.2 Å². The summed E-state index contributed by atoms with van der Waals surface area (Å²) >= 11 is 0. The topological polar surface area (TPSA) is 56.8 Å². The molecule has 0 aliphatic carbocycles. The first-order valence-corrected chi connectivity index (χ1v) is 7.23. The third-order valence-electron chi connectivity index (χ3n) is 3.22. The molecule has 1 aromatic rings. The van der Waals surface area contributed by atoms with Gasteiger partial charge < -0.3 is 19.5 Å². The highest BCUT2D eigenvalue weighted by atomic mass is 16.5. The van der Waals surface area contributed by atoms with Crippen LogP contribution in [0.3, 0.4) is 0 Å². The Hall–Kier alpha value is -1.75. The van der Waals surface area contributed by atoms with Gasteiger partial charge in [-0.25, -0.2) is 0 Å². The van der Waals surface area contributed by atoms with Gasteiger partial charge in [0.2, 0.25) is 0 Å². The molecule has 0 heterocycles. The molecule has 0 aromatic heterocycles. The maximum atomic E-state index is 11.3. The minimum absolute atomic E-state index is 0.109. The van der Waals surface area contributed by atoms with Gasteiger partial charge in [-0.3, -0.25) is 4.79 Å². The molecule has 5 nitrogen and oxygen atoms in total. The van der Waals surface area contributed by atoms with Crippen molar-refractivity contribution in [3.8, 4) is 11.5 Å². The molecule has 0 aliphatic heterocycles. The molecule has 21 heavy (non-hydrogen) atoms. The van der Waals surface area contributed by atoms with Gasteiger partial charge in [0.15, 0.2) is 0 Å². The lowest BCUT2D eigenvalue weighted by molar-refractivity contribution is -0.143. The molecular weight excluding hydrogens is 270 g/mol. The lowest BCUT2D eigenvalue weighted by atomic mass is 10.1. The van der Waals surface area contributed by atoms with E-state index >= 15 is 0 Å². The summed E-state index contributed by atoms with van der Waals surface area (Å²) in [6.45, 7) is 5.04. The number of hydrogen-bond donors (Lipinski definition) is 1. The van der Waals surface area contributed by atoms with Crippen LogP contribution in [0.4, 0.5) is 0 Å². The van der Waals surface area contributed by atoms with Crippen molar-refractivity contribution in [2.75, 3.05) is 27.4 Å². The van der Waals surface area contributed by atoms with Gasteiger partial charge in [0.25, 0.3) is 0 Å². The summed E-state index contributed by atoms with van der Waals surface area (Å²) in [4.78, 5) is 11.3. The Morgan fingerprint density at radius 1 is 1.29 bits per heavy atom. The average molecular weight is 295 g/mol. The third kappa shape index (κ3) is 5.63. The van der Waals surface area contributed by atoms with E-state index in [2.05, 4.69) is 12.2 Å². The fraction of sp³-hybridized carbons (Fsp3) is 0.562. The predicted molar refractivity (Wildman–Crippen MR) is 81.8 cm³/mol. The molecule has 0 aliphatic rings. The number of nitrogens with one attached hydrogen (secondary N) is 1. The monoisotopic (exact) mass is 295 g/mol. The quantitative estimate of drug-likeness (QED) is 0.561. The van der Waals surface area contributed by atoms with Crippen LogP contribution in [-0.4, -0.2) is 33.3 Å². The highest BCUT2D eigenvalue weighted by Crippen LogP contribution is 2.29. The minimum atomic E-state index is -0.147. The van der Waals surface area contributed by atoms with E-state index in [1.54, 1.807) is 14.2 Å². The second-order valence-electron chi connectivity index (χ2n) is 4.69. The highest BCUT2D eigenvalue weighted by molar-refractivity contribution is 5.69. The van der Waals surface area contributed by atoms with E-state index in [1.807, 2.05) is 25.1 Å². The zero-order valence-corrected chi connectivity index (χ0v) is 13.3. The van der Waals surface area contributed by atoms with E-state index in [9.17, 15) is 4.79 Å². The van der Waals surface area contributed by atoms with Gasteiger partial charge in [-0.2, -0.15) is 0 Å². The van der Waals surface area contributed by atoms with Gasteiger partial charge in [-0.15, -0.1) is 0 Å². The number of benzene rings is 1. The highest BCUT2D eigenvalue weighted by Gasteiger charge is 2.12. The Kier molecular flexibility index (Phi) is 7.61. The number of carbonyl (C=O) groups is 1. The first kappa shape index (κ1) is 17.3. The molecule has 0 fully saturated rings. The maximum absolute atomic E-state index is 11.3. The standard InChI is InChI=1S/C16H25NO4/c1-5-21-16(18)7-6-10-17-12(2)14-11-13(19-3)8-9-15(14)20-4/h8-9,11-12,17H,5-7,10H2,1-4H3. The van der Waals surface area contributed by atoms with Gasteiger partial charge >= 0.3 is 5.97 Å². The van der Waals surface area contributed by atoms with Crippen molar-refractivity contribution >= 4 is 5.97 Å². The van der Waals surface area contributed by atoms with Crippen LogP contribution < -0.4 is 14.8 Å². The normalized spacial score (nSPS) is 11.8. The van der Waals surface area contributed by atoms with E-state index in [0.717, 1.165) is 30.0 Å². The smallest absolute Gasteiger partial charge is 0.305 e. The van der Waals surface area contributed by atoms with Crippen LogP contribution >= 0.6 is 0 Å². The van der Waals surface area contributed by atoms with Crippen molar-refractivity contribution in [1.82, 2.24) is 5.32 Å². The van der Waals surface area contributed by atoms with Gasteiger partial charge in [0, 0.05) is 18.0 Å². The van der Waals surface area contributed by atoms with Crippen LogP contribution in [0, 0.1) is 0 Å². The molecule has 1 unspecified atom stereocenters. The summed E-state index contributed by atoms with van der Waals surface area (Å²) in [6, 6.07) is 5.83. The van der Waals surface area contributed by atoms with Gasteiger partial charge in [0.05, 0.1) is 20.8 Å². The van der Waals surface area contributed by atoms with Crippen molar-refractivity contribution in [2.24, 2.45) is 0 Å². The summed E-state index contributed by atoms with van der Waals surface area (Å²) < 4.78 is 15.5. The Morgan fingerprint density at radius 3 is 2.67 bits per heavy atom. The van der Waals surface area contributed by atoms with Crippen LogP contribution in [0.1, 0.15) is 38.3 Å². The van der Waals surface area contributed by atoms with Gasteiger partial charge in [-0.1, -0.05) is 0 Å². The third-order valence-corrected chi connectivity index (χ3v) is 3.22. The maximum Gasteiger partial charge on any atom is 0.305 e. The molecule has 1 N–H and O–H groups in total. The van der Waals surface area contributed by atoms with Crippen LogP contribution in [-0.2, 0) is 9.53 Å². The fourth-order valence-electron chi connectivity index (χ4n) is 2.07. The zero-order valence-electron chi connectivity index (χ0n) is 13.3. The molecule has 5 heteroatoms. The van der Waals surface area contributed by atoms with Crippen molar-refractivity contribution in [2.45, 2.75) is 32.7 Å². The molecule has 0 bridgehead atoms. The van der Waals surface area contributed by atoms with E-state index in [0.29, 0.717) is 13.0 Å². The van der Waals surface area contributed by atoms with Crippen LogP contribution in [0.15, 0.2) is 18.2 Å². The summed E-state index contributed by atoms with van der Waals surface area (Å²) in [5.41, 5.74) is 1.04. The van der Waals surface area contributed by atoms with Gasteiger partial charge in [0.1, 0.15) is 11.5 Å². The Morgan fingerprint density at radius 2 is 2.05 bits per heavy atom. The van der Waals surface area contributed by atoms with Crippen LogP contribution in [0.5, 0.6) is 11.5 Å². The summed E-state index contributed by atoms with van der Waals surface area (Å²) in [7, 11) is 3.29. The second-order valence-corrected chi connectivity index (χ2v) is 4.69. The lowest BCUT2D eigenvalue weighted by Gasteiger charge is -2.18. The first-order valence-electron chi connectivity index (χ1n) is 7.23. The number of ether oxygens (including phenoxy) is 3. The van der Waals surface area contributed by atoms with Gasteiger partial charge in [-0.05, 0) is 45.0 Å². The predicted octanol–water partition coefficient (Wildman–Crippen LogP) is 2.70. The van der Waals surface area contributed by atoms with Crippen molar-refractivity contribution in [1.29, 1.82) is 0 Å². The summed E-state index contributed by atoms with van der Waals surface area (Å²) in [5, 5.41) is 3.38. The molecule has 1 atom stereocenters. The zero-order chi connectivity index (χ0) is 15.7. The molecule has 0 radical (unpaired) electrons. The summed E-state index contributed by atoms with van der Waals surface area (Å²) in [5.74, 6) is 1.47. The summed E-state index contributed by atoms with van der Waals surface area (Å²) in [6.07, 6.45) is 1.18. The number of carbonyl (C=O) groups excluding carboxylic acids is 1. The number of hydrogen-bond acceptors (Lipinski definition) is 5. The molecule has 118 valence electrons. The van der Waals surface area contributed by atoms with Crippen LogP contribution in [0.25, 0.3) is 0 Å². The van der Waals surface area contributed by atoms with E-state index < -0.39 is 0 Å². The van der Waals surface area contributed by atoms with Crippen molar-refractivity contribution in [3.63, 3.8) is 0 Å². The fourth-order valence-corrected chi connectivity index (χ4v) is 2.07. The average Bonchev–Trinajstić information content (AvgIpc) is 2.50. The van der Waals surface area contributed by atoms with Crippen molar-refractivity contribution < 1.29 is 19.0 Å². The molecule has 0 spiro atoms. The van der Waals surface area contributed by atoms with E-state index in [-0.39, 0.29) is 12.0 Å². The minimum Gasteiger partial charge on any atom is -0.497 e. The largest absolute Gasteiger partial charge is 0.497 e. The molecular formula is C16H25NO4. The molecule has 1 aromatic carbocycles. The van der Waals surface area contributed by atoms with Crippen molar-refractivity contribution in [3.05, 3.63) is 23.8 Å². The first-order chi connectivity index (χ1) is 10.1. The van der Waals surface area contributed by atoms with Crippen LogP contribution in [0.2, 0.25) is 0 Å². The van der Waals surface area contributed by atoms with E-state index in [1.165, 1.54) is 0 Å². The Bertz CT molecular complexity index is 448. The Labute approximate surface area is 126 Å². The molecule has 0 saturated carbocycles. The Balaban J connectivity index is 2.51. The molecule has 0 amide bonds. The lowest BCUT2D eigenvalue weighted by Crippen LogP contribution is -2.21.